The molecule has 2 rings (SSSR count). The van der Waals surface area contributed by atoms with Gasteiger partial charge in [0.05, 0.1) is 5.38 Å². The highest BCUT2D eigenvalue weighted by Gasteiger charge is 2.11. The van der Waals surface area contributed by atoms with Gasteiger partial charge in [-0.2, -0.15) is 0 Å². The van der Waals surface area contributed by atoms with E-state index in [0.717, 1.165) is 29.3 Å². The number of hydrogen-bond acceptors (Lipinski definition) is 0. The van der Waals surface area contributed by atoms with Crippen molar-refractivity contribution in [3.63, 3.8) is 0 Å². The Bertz CT molecular complexity index is 428. The topological polar surface area (TPSA) is 0 Å². The van der Waals surface area contributed by atoms with Crippen LogP contribution < -0.4 is 0 Å². The lowest BCUT2D eigenvalue weighted by molar-refractivity contribution is 0.626. The highest BCUT2D eigenvalue weighted by molar-refractivity contribution is 9.10. The number of allylic oxidation sites excluding steroid dienone is 2. The number of alkyl halides is 1. The van der Waals surface area contributed by atoms with Crippen LogP contribution in [0, 0.1) is 5.82 Å². The standard InChI is InChI=1S/C14H15BrClF/c15-14-9-13(17)6-5-11(14)7-10-3-1-2-4-12(16)8-10/h5-6,8-9,12H,1-4,7H2. The van der Waals surface area contributed by atoms with Crippen LogP contribution in [0.4, 0.5) is 4.39 Å². The molecule has 0 aromatic heterocycles. The predicted molar refractivity (Wildman–Crippen MR) is 74.0 cm³/mol. The van der Waals surface area contributed by atoms with E-state index in [2.05, 4.69) is 22.0 Å². The second-order valence-electron chi connectivity index (χ2n) is 4.50. The summed E-state index contributed by atoms with van der Waals surface area (Å²) in [5.41, 5.74) is 2.50. The van der Waals surface area contributed by atoms with E-state index in [1.165, 1.54) is 30.5 Å². The van der Waals surface area contributed by atoms with Gasteiger partial charge in [-0.1, -0.05) is 40.1 Å². The molecule has 92 valence electrons. The fourth-order valence-electron chi connectivity index (χ4n) is 2.17. The van der Waals surface area contributed by atoms with Gasteiger partial charge in [0.2, 0.25) is 0 Å². The summed E-state index contributed by atoms with van der Waals surface area (Å²) in [7, 11) is 0. The fourth-order valence-corrected chi connectivity index (χ4v) is 2.99. The summed E-state index contributed by atoms with van der Waals surface area (Å²) in [4.78, 5) is 0. The smallest absolute Gasteiger partial charge is 0.124 e. The maximum atomic E-state index is 13.0. The molecule has 0 amide bonds. The summed E-state index contributed by atoms with van der Waals surface area (Å²) in [5, 5.41) is 0.159. The summed E-state index contributed by atoms with van der Waals surface area (Å²) in [6, 6.07) is 4.87. The summed E-state index contributed by atoms with van der Waals surface area (Å²) in [6.45, 7) is 0. The Kier molecular flexibility index (Phi) is 4.63. The molecule has 0 nitrogen and oxygen atoms in total. The van der Waals surface area contributed by atoms with Gasteiger partial charge in [-0.15, -0.1) is 11.6 Å². The Morgan fingerprint density at radius 3 is 2.94 bits per heavy atom. The minimum atomic E-state index is -0.203. The van der Waals surface area contributed by atoms with Crippen molar-refractivity contribution in [1.29, 1.82) is 0 Å². The van der Waals surface area contributed by atoms with Gasteiger partial charge < -0.3 is 0 Å². The summed E-state index contributed by atoms with van der Waals surface area (Å²) in [6.07, 6.45) is 7.60. The molecular weight excluding hydrogens is 303 g/mol. The largest absolute Gasteiger partial charge is 0.207 e. The van der Waals surface area contributed by atoms with Gasteiger partial charge in [0, 0.05) is 4.47 Å². The average molecular weight is 318 g/mol. The molecule has 0 spiro atoms. The third-order valence-corrected chi connectivity index (χ3v) is 4.16. The second kappa shape index (κ2) is 6.01. The molecule has 3 heteroatoms. The number of rotatable bonds is 2. The van der Waals surface area contributed by atoms with Gasteiger partial charge in [0.25, 0.3) is 0 Å². The van der Waals surface area contributed by atoms with Gasteiger partial charge in [-0.05, 0) is 43.4 Å². The van der Waals surface area contributed by atoms with Crippen LogP contribution >= 0.6 is 27.5 Å². The maximum absolute atomic E-state index is 13.0. The fraction of sp³-hybridized carbons (Fsp3) is 0.429. The van der Waals surface area contributed by atoms with E-state index in [4.69, 9.17) is 11.6 Å². The van der Waals surface area contributed by atoms with Crippen LogP contribution in [-0.4, -0.2) is 5.38 Å². The minimum absolute atomic E-state index is 0.159. The first-order chi connectivity index (χ1) is 8.15. The third-order valence-electron chi connectivity index (χ3n) is 3.08. The van der Waals surface area contributed by atoms with Crippen LogP contribution in [0.25, 0.3) is 0 Å². The van der Waals surface area contributed by atoms with E-state index < -0.39 is 0 Å². The first kappa shape index (κ1) is 13.1. The van der Waals surface area contributed by atoms with Gasteiger partial charge in [-0.3, -0.25) is 0 Å². The summed E-state index contributed by atoms with van der Waals surface area (Å²) >= 11 is 9.61. The van der Waals surface area contributed by atoms with Crippen molar-refractivity contribution in [2.45, 2.75) is 37.5 Å². The molecule has 0 heterocycles. The monoisotopic (exact) mass is 316 g/mol. The Balaban J connectivity index is 2.14. The van der Waals surface area contributed by atoms with E-state index in [-0.39, 0.29) is 11.2 Å². The van der Waals surface area contributed by atoms with Crippen LogP contribution in [0.2, 0.25) is 0 Å². The van der Waals surface area contributed by atoms with Crippen molar-refractivity contribution < 1.29 is 4.39 Å². The molecule has 1 unspecified atom stereocenters. The summed E-state index contributed by atoms with van der Waals surface area (Å²) < 4.78 is 13.8. The normalized spacial score (nSPS) is 20.9. The molecule has 1 aromatic rings. The molecule has 17 heavy (non-hydrogen) atoms. The van der Waals surface area contributed by atoms with E-state index in [1.807, 2.05) is 6.07 Å². The average Bonchev–Trinajstić information content (AvgIpc) is 2.47. The van der Waals surface area contributed by atoms with Crippen LogP contribution in [-0.2, 0) is 6.42 Å². The van der Waals surface area contributed by atoms with E-state index in [0.29, 0.717) is 0 Å². The predicted octanol–water partition coefficient (Wildman–Crippen LogP) is 5.24. The molecule has 1 aliphatic carbocycles. The van der Waals surface area contributed by atoms with E-state index >= 15 is 0 Å². The van der Waals surface area contributed by atoms with Crippen molar-refractivity contribution in [3.8, 4) is 0 Å². The molecule has 1 aliphatic rings. The molecule has 0 aliphatic heterocycles. The quantitative estimate of drug-likeness (QED) is 0.517. The Morgan fingerprint density at radius 1 is 1.35 bits per heavy atom. The SMILES string of the molecule is Fc1ccc(CC2=CC(Cl)CCCC2)c(Br)c1. The molecule has 0 bridgehead atoms. The zero-order chi connectivity index (χ0) is 12.3. The van der Waals surface area contributed by atoms with Crippen LogP contribution in [0.3, 0.4) is 0 Å². The van der Waals surface area contributed by atoms with Gasteiger partial charge in [-0.25, -0.2) is 4.39 Å². The number of hydrogen-bond donors (Lipinski definition) is 0. The highest BCUT2D eigenvalue weighted by Crippen LogP contribution is 2.27. The first-order valence-electron chi connectivity index (χ1n) is 5.93. The molecule has 0 saturated carbocycles. The van der Waals surface area contributed by atoms with Crippen LogP contribution in [0.5, 0.6) is 0 Å². The lowest BCUT2D eigenvalue weighted by atomic mass is 10.0. The zero-order valence-corrected chi connectivity index (χ0v) is 11.9. The maximum Gasteiger partial charge on any atom is 0.124 e. The lowest BCUT2D eigenvalue weighted by Crippen LogP contribution is -1.95. The van der Waals surface area contributed by atoms with E-state index in [9.17, 15) is 4.39 Å². The third kappa shape index (κ3) is 3.82. The zero-order valence-electron chi connectivity index (χ0n) is 9.56. The van der Waals surface area contributed by atoms with Gasteiger partial charge in [0.1, 0.15) is 5.82 Å². The van der Waals surface area contributed by atoms with Crippen molar-refractivity contribution in [2.24, 2.45) is 0 Å². The molecule has 1 aromatic carbocycles. The Labute approximate surface area is 115 Å². The van der Waals surface area contributed by atoms with Crippen molar-refractivity contribution in [2.75, 3.05) is 0 Å². The molecule has 0 saturated heterocycles. The first-order valence-corrected chi connectivity index (χ1v) is 7.15. The number of halogens is 3. The van der Waals surface area contributed by atoms with E-state index in [1.54, 1.807) is 0 Å². The highest BCUT2D eigenvalue weighted by atomic mass is 79.9. The van der Waals surface area contributed by atoms with Crippen LogP contribution in [0.1, 0.15) is 31.2 Å². The lowest BCUT2D eigenvalue weighted by Gasteiger charge is -2.08. The van der Waals surface area contributed by atoms with Crippen molar-refractivity contribution in [1.82, 2.24) is 0 Å². The van der Waals surface area contributed by atoms with Crippen molar-refractivity contribution >= 4 is 27.5 Å². The number of benzene rings is 1. The molecule has 0 radical (unpaired) electrons. The minimum Gasteiger partial charge on any atom is -0.207 e. The molecular formula is C14H15BrClF. The van der Waals surface area contributed by atoms with Crippen LogP contribution in [0.15, 0.2) is 34.3 Å². The molecule has 0 fully saturated rings. The van der Waals surface area contributed by atoms with Gasteiger partial charge >= 0.3 is 0 Å². The second-order valence-corrected chi connectivity index (χ2v) is 5.91. The van der Waals surface area contributed by atoms with Crippen molar-refractivity contribution in [3.05, 3.63) is 45.7 Å². The molecule has 1 atom stereocenters. The summed E-state index contributed by atoms with van der Waals surface area (Å²) in [5.74, 6) is -0.203. The molecule has 0 N–H and O–H groups in total. The van der Waals surface area contributed by atoms with Gasteiger partial charge in [0.15, 0.2) is 0 Å². The Hall–Kier alpha value is -0.340. The Morgan fingerprint density at radius 2 is 2.18 bits per heavy atom.